The molecule has 152 valence electrons. The summed E-state index contributed by atoms with van der Waals surface area (Å²) in [5.74, 6) is 0.734. The third-order valence-corrected chi connectivity index (χ3v) is 6.16. The van der Waals surface area contributed by atoms with Crippen molar-refractivity contribution in [2.45, 2.75) is 57.7 Å². The number of thioether (sulfide) groups is 1. The highest BCUT2D eigenvalue weighted by atomic mass is 35.5. The molecule has 0 bridgehead atoms. The van der Waals surface area contributed by atoms with Gasteiger partial charge in [-0.25, -0.2) is 4.98 Å². The standard InChI is InChI=1S/C21H28ClN3O2S/c1-15(2)13-25-20(27)17-12-16(22)8-9-18(17)23-21(25)28-14-19(26)24-10-6-4-3-5-7-11-24/h8-9,12,15H,3-7,10-11,13-14H2,1-2H3. The predicted octanol–water partition coefficient (Wildman–Crippen LogP) is 4.59. The Bertz CT molecular complexity index is 889. The van der Waals surface area contributed by atoms with Gasteiger partial charge >= 0.3 is 0 Å². The van der Waals surface area contributed by atoms with Crippen LogP contribution >= 0.6 is 23.4 Å². The summed E-state index contributed by atoms with van der Waals surface area (Å²) in [6.07, 6.45) is 5.80. The fraction of sp³-hybridized carbons (Fsp3) is 0.571. The summed E-state index contributed by atoms with van der Waals surface area (Å²) in [7, 11) is 0. The highest BCUT2D eigenvalue weighted by Crippen LogP contribution is 2.22. The van der Waals surface area contributed by atoms with Crippen molar-refractivity contribution in [1.29, 1.82) is 0 Å². The molecule has 0 atom stereocenters. The van der Waals surface area contributed by atoms with E-state index in [0.717, 1.165) is 25.9 Å². The third kappa shape index (κ3) is 5.29. The van der Waals surface area contributed by atoms with Crippen LogP contribution in [0.15, 0.2) is 28.2 Å². The van der Waals surface area contributed by atoms with Crippen LogP contribution in [0.5, 0.6) is 0 Å². The number of hydrogen-bond donors (Lipinski definition) is 0. The first-order valence-electron chi connectivity index (χ1n) is 10.1. The fourth-order valence-electron chi connectivity index (χ4n) is 3.52. The maximum Gasteiger partial charge on any atom is 0.262 e. The van der Waals surface area contributed by atoms with Gasteiger partial charge in [-0.05, 0) is 37.0 Å². The Hall–Kier alpha value is -1.53. The average Bonchev–Trinajstić information content (AvgIpc) is 2.62. The van der Waals surface area contributed by atoms with Gasteiger partial charge < -0.3 is 4.90 Å². The van der Waals surface area contributed by atoms with E-state index in [9.17, 15) is 9.59 Å². The zero-order valence-corrected chi connectivity index (χ0v) is 18.2. The number of rotatable bonds is 5. The van der Waals surface area contributed by atoms with Crippen LogP contribution in [-0.4, -0.2) is 39.2 Å². The topological polar surface area (TPSA) is 55.2 Å². The molecular weight excluding hydrogens is 394 g/mol. The molecule has 1 aliphatic rings. The second-order valence-corrected chi connectivity index (χ2v) is 9.18. The van der Waals surface area contributed by atoms with Crippen molar-refractivity contribution in [1.82, 2.24) is 14.5 Å². The Kier molecular flexibility index (Phi) is 7.41. The van der Waals surface area contributed by atoms with Crippen LogP contribution in [0.2, 0.25) is 5.02 Å². The Morgan fingerprint density at radius 1 is 1.18 bits per heavy atom. The zero-order valence-electron chi connectivity index (χ0n) is 16.6. The van der Waals surface area contributed by atoms with Gasteiger partial charge in [-0.15, -0.1) is 0 Å². The molecule has 7 heteroatoms. The van der Waals surface area contributed by atoms with Gasteiger partial charge in [0.15, 0.2) is 5.16 Å². The van der Waals surface area contributed by atoms with Crippen molar-refractivity contribution in [3.05, 3.63) is 33.6 Å². The summed E-state index contributed by atoms with van der Waals surface area (Å²) in [5.41, 5.74) is 0.526. The lowest BCUT2D eigenvalue weighted by Crippen LogP contribution is -2.35. The van der Waals surface area contributed by atoms with Gasteiger partial charge in [0.2, 0.25) is 5.91 Å². The van der Waals surface area contributed by atoms with E-state index in [1.54, 1.807) is 22.8 Å². The molecule has 0 spiro atoms. The fourth-order valence-corrected chi connectivity index (χ4v) is 4.61. The minimum absolute atomic E-state index is 0.0950. The molecule has 28 heavy (non-hydrogen) atoms. The van der Waals surface area contributed by atoms with E-state index in [4.69, 9.17) is 11.6 Å². The summed E-state index contributed by atoms with van der Waals surface area (Å²) < 4.78 is 1.69. The molecule has 2 aromatic rings. The molecule has 1 saturated heterocycles. The molecule has 0 unspecified atom stereocenters. The molecule has 3 rings (SSSR count). The van der Waals surface area contributed by atoms with Crippen LogP contribution in [0.3, 0.4) is 0 Å². The molecule has 5 nitrogen and oxygen atoms in total. The second-order valence-electron chi connectivity index (χ2n) is 7.80. The van der Waals surface area contributed by atoms with E-state index >= 15 is 0 Å². The lowest BCUT2D eigenvalue weighted by atomic mass is 10.1. The second kappa shape index (κ2) is 9.79. The van der Waals surface area contributed by atoms with Gasteiger partial charge in [0.1, 0.15) is 0 Å². The highest BCUT2D eigenvalue weighted by Gasteiger charge is 2.18. The van der Waals surface area contributed by atoms with Gasteiger partial charge in [-0.3, -0.25) is 14.2 Å². The van der Waals surface area contributed by atoms with Gasteiger partial charge in [0.25, 0.3) is 5.56 Å². The predicted molar refractivity (Wildman–Crippen MR) is 116 cm³/mol. The molecule has 1 fully saturated rings. The lowest BCUT2D eigenvalue weighted by Gasteiger charge is -2.24. The van der Waals surface area contributed by atoms with Gasteiger partial charge in [0, 0.05) is 24.7 Å². The summed E-state index contributed by atoms with van der Waals surface area (Å²) in [4.78, 5) is 32.4. The molecule has 0 N–H and O–H groups in total. The number of halogens is 1. The summed E-state index contributed by atoms with van der Waals surface area (Å²) in [5, 5.41) is 1.65. The molecule has 0 saturated carbocycles. The van der Waals surface area contributed by atoms with Crippen LogP contribution in [0.4, 0.5) is 0 Å². The normalized spacial score (nSPS) is 15.6. The lowest BCUT2D eigenvalue weighted by molar-refractivity contribution is -0.128. The van der Waals surface area contributed by atoms with E-state index in [1.807, 2.05) is 4.90 Å². The summed E-state index contributed by atoms with van der Waals surface area (Å²) in [6.45, 7) is 6.36. The SMILES string of the molecule is CC(C)Cn1c(SCC(=O)N2CCCCCCC2)nc2ccc(Cl)cc2c1=O. The maximum absolute atomic E-state index is 13.0. The van der Waals surface area contributed by atoms with Crippen molar-refractivity contribution in [3.63, 3.8) is 0 Å². The first kappa shape index (κ1) is 21.2. The van der Waals surface area contributed by atoms with E-state index in [1.165, 1.54) is 31.0 Å². The molecule has 1 aliphatic heterocycles. The van der Waals surface area contributed by atoms with Crippen molar-refractivity contribution >= 4 is 40.2 Å². The molecule has 1 amide bonds. The van der Waals surface area contributed by atoms with Crippen molar-refractivity contribution < 1.29 is 4.79 Å². The monoisotopic (exact) mass is 421 g/mol. The number of nitrogens with zero attached hydrogens (tertiary/aromatic N) is 3. The number of hydrogen-bond acceptors (Lipinski definition) is 4. The number of carbonyl (C=O) groups is 1. The van der Waals surface area contributed by atoms with Crippen LogP contribution in [-0.2, 0) is 11.3 Å². The van der Waals surface area contributed by atoms with E-state index in [2.05, 4.69) is 18.8 Å². The van der Waals surface area contributed by atoms with Crippen LogP contribution < -0.4 is 5.56 Å². The highest BCUT2D eigenvalue weighted by molar-refractivity contribution is 7.99. The quantitative estimate of drug-likeness (QED) is 0.523. The molecule has 2 heterocycles. The third-order valence-electron chi connectivity index (χ3n) is 4.96. The molecule has 1 aromatic carbocycles. The minimum atomic E-state index is -0.0950. The van der Waals surface area contributed by atoms with Crippen LogP contribution in [0.1, 0.15) is 46.0 Å². The van der Waals surface area contributed by atoms with Crippen molar-refractivity contribution in [3.8, 4) is 0 Å². The number of carbonyl (C=O) groups excluding carboxylic acids is 1. The first-order chi connectivity index (χ1) is 13.5. The van der Waals surface area contributed by atoms with Gasteiger partial charge in [-0.2, -0.15) is 0 Å². The Morgan fingerprint density at radius 2 is 1.86 bits per heavy atom. The largest absolute Gasteiger partial charge is 0.342 e. The number of fused-ring (bicyclic) bond motifs is 1. The Morgan fingerprint density at radius 3 is 2.54 bits per heavy atom. The van der Waals surface area contributed by atoms with Crippen molar-refractivity contribution in [2.75, 3.05) is 18.8 Å². The van der Waals surface area contributed by atoms with Crippen LogP contribution in [0, 0.1) is 5.92 Å². The molecule has 0 aliphatic carbocycles. The van der Waals surface area contributed by atoms with E-state index < -0.39 is 0 Å². The zero-order chi connectivity index (χ0) is 20.1. The van der Waals surface area contributed by atoms with Crippen LogP contribution in [0.25, 0.3) is 10.9 Å². The van der Waals surface area contributed by atoms with Gasteiger partial charge in [0.05, 0.1) is 16.7 Å². The molecular formula is C21H28ClN3O2S. The smallest absolute Gasteiger partial charge is 0.262 e. The summed E-state index contributed by atoms with van der Waals surface area (Å²) in [6, 6.07) is 5.18. The Balaban J connectivity index is 1.83. The minimum Gasteiger partial charge on any atom is -0.342 e. The van der Waals surface area contributed by atoms with Crippen molar-refractivity contribution in [2.24, 2.45) is 5.92 Å². The number of likely N-dealkylation sites (tertiary alicyclic amines) is 1. The Labute approximate surface area is 175 Å². The first-order valence-corrected chi connectivity index (χ1v) is 11.4. The number of amides is 1. The molecule has 1 aromatic heterocycles. The number of aromatic nitrogens is 2. The summed E-state index contributed by atoms with van der Waals surface area (Å²) >= 11 is 7.43. The van der Waals surface area contributed by atoms with E-state index in [0.29, 0.717) is 39.3 Å². The number of benzene rings is 1. The molecule has 0 radical (unpaired) electrons. The van der Waals surface area contributed by atoms with E-state index in [-0.39, 0.29) is 11.5 Å². The van der Waals surface area contributed by atoms with Gasteiger partial charge in [-0.1, -0.05) is 56.5 Å². The maximum atomic E-state index is 13.0. The average molecular weight is 422 g/mol.